The van der Waals surface area contributed by atoms with E-state index in [2.05, 4.69) is 5.32 Å². The Hall–Kier alpha value is -3.12. The maximum Gasteiger partial charge on any atom is 0.255 e. The zero-order valence-corrected chi connectivity index (χ0v) is 15.7. The van der Waals surface area contributed by atoms with E-state index in [9.17, 15) is 4.79 Å². The van der Waals surface area contributed by atoms with Crippen LogP contribution in [0.3, 0.4) is 0 Å². The highest BCUT2D eigenvalue weighted by Crippen LogP contribution is 2.24. The van der Waals surface area contributed by atoms with Crippen LogP contribution in [0.25, 0.3) is 11.3 Å². The highest BCUT2D eigenvalue weighted by molar-refractivity contribution is 5.99. The molecule has 0 bridgehead atoms. The Morgan fingerprint density at radius 2 is 2.04 bits per heavy atom. The zero-order valence-electron chi connectivity index (χ0n) is 15.7. The molecule has 2 heterocycles. The molecule has 6 nitrogen and oxygen atoms in total. The van der Waals surface area contributed by atoms with Crippen molar-refractivity contribution in [3.63, 3.8) is 0 Å². The lowest BCUT2D eigenvalue weighted by molar-refractivity contribution is 0.0948. The van der Waals surface area contributed by atoms with Crippen LogP contribution in [0, 0.1) is 0 Å². The van der Waals surface area contributed by atoms with Crippen molar-refractivity contribution in [2.24, 2.45) is 0 Å². The fraction of sp³-hybridized carbons (Fsp3) is 0.238. The Kier molecular flexibility index (Phi) is 5.88. The zero-order chi connectivity index (χ0) is 19.2. The summed E-state index contributed by atoms with van der Waals surface area (Å²) in [6.45, 7) is 0.876. The predicted molar refractivity (Wildman–Crippen MR) is 105 cm³/mol. The average Bonchev–Trinajstić information content (AvgIpc) is 3.20. The maximum atomic E-state index is 12.6. The lowest BCUT2D eigenvalue weighted by atomic mass is 10.1. The number of carbonyl (C=O) groups is 1. The standard InChI is InChI=1S/C21H23N3O3/c1-24(2)20-18(21(25)22-13-17-8-5-11-27-17)9-10-19(23-20)16-7-4-6-15(12-16)14-26-3/h4-12H,13-14H2,1-3H3,(H,22,25). The van der Waals surface area contributed by atoms with E-state index < -0.39 is 0 Å². The second-order valence-electron chi connectivity index (χ2n) is 6.36. The summed E-state index contributed by atoms with van der Waals surface area (Å²) in [5.41, 5.74) is 3.38. The average molecular weight is 365 g/mol. The quantitative estimate of drug-likeness (QED) is 0.694. The first-order valence-corrected chi connectivity index (χ1v) is 8.65. The first-order valence-electron chi connectivity index (χ1n) is 8.65. The Labute approximate surface area is 158 Å². The largest absolute Gasteiger partial charge is 0.467 e. The van der Waals surface area contributed by atoms with Crippen molar-refractivity contribution in [1.82, 2.24) is 10.3 Å². The fourth-order valence-corrected chi connectivity index (χ4v) is 2.79. The Morgan fingerprint density at radius 1 is 1.19 bits per heavy atom. The summed E-state index contributed by atoms with van der Waals surface area (Å²) in [7, 11) is 5.42. The summed E-state index contributed by atoms with van der Waals surface area (Å²) in [4.78, 5) is 19.2. The van der Waals surface area contributed by atoms with Gasteiger partial charge in [-0.05, 0) is 35.9 Å². The van der Waals surface area contributed by atoms with Crippen molar-refractivity contribution >= 4 is 11.7 Å². The highest BCUT2D eigenvalue weighted by atomic mass is 16.5. The normalized spacial score (nSPS) is 10.6. The first-order chi connectivity index (χ1) is 13.1. The van der Waals surface area contributed by atoms with Crippen LogP contribution in [0.2, 0.25) is 0 Å². The topological polar surface area (TPSA) is 67.6 Å². The minimum atomic E-state index is -0.192. The van der Waals surface area contributed by atoms with Gasteiger partial charge < -0.3 is 19.4 Å². The molecule has 1 amide bonds. The van der Waals surface area contributed by atoms with Crippen LogP contribution in [0.1, 0.15) is 21.7 Å². The Balaban J connectivity index is 1.86. The molecule has 0 atom stereocenters. The van der Waals surface area contributed by atoms with Gasteiger partial charge in [-0.2, -0.15) is 0 Å². The molecule has 0 aliphatic carbocycles. The van der Waals surface area contributed by atoms with Gasteiger partial charge >= 0.3 is 0 Å². The van der Waals surface area contributed by atoms with Gasteiger partial charge in [-0.3, -0.25) is 4.79 Å². The summed E-state index contributed by atoms with van der Waals surface area (Å²) in [5, 5.41) is 2.87. The van der Waals surface area contributed by atoms with Crippen LogP contribution < -0.4 is 10.2 Å². The molecule has 0 saturated heterocycles. The smallest absolute Gasteiger partial charge is 0.255 e. The number of amides is 1. The van der Waals surface area contributed by atoms with Gasteiger partial charge in [-0.25, -0.2) is 4.98 Å². The molecule has 0 unspecified atom stereocenters. The van der Waals surface area contributed by atoms with Gasteiger partial charge in [0.15, 0.2) is 0 Å². The van der Waals surface area contributed by atoms with Crippen LogP contribution in [0.4, 0.5) is 5.82 Å². The molecule has 0 aliphatic heterocycles. The number of pyridine rings is 1. The summed E-state index contributed by atoms with van der Waals surface area (Å²) in [6.07, 6.45) is 1.58. The highest BCUT2D eigenvalue weighted by Gasteiger charge is 2.16. The van der Waals surface area contributed by atoms with Crippen molar-refractivity contribution in [2.45, 2.75) is 13.2 Å². The number of carbonyl (C=O) groups excluding carboxylic acids is 1. The van der Waals surface area contributed by atoms with E-state index in [-0.39, 0.29) is 5.91 Å². The Morgan fingerprint density at radius 3 is 2.74 bits per heavy atom. The van der Waals surface area contributed by atoms with E-state index in [1.54, 1.807) is 25.5 Å². The fourth-order valence-electron chi connectivity index (χ4n) is 2.79. The van der Waals surface area contributed by atoms with Crippen LogP contribution >= 0.6 is 0 Å². The number of nitrogens with zero attached hydrogens (tertiary/aromatic N) is 2. The van der Waals surface area contributed by atoms with E-state index in [1.807, 2.05) is 55.4 Å². The summed E-state index contributed by atoms with van der Waals surface area (Å²) < 4.78 is 10.5. The van der Waals surface area contributed by atoms with E-state index in [0.29, 0.717) is 30.3 Å². The third-order valence-electron chi connectivity index (χ3n) is 4.08. The second kappa shape index (κ2) is 8.51. The molecule has 0 fully saturated rings. The third-order valence-corrected chi connectivity index (χ3v) is 4.08. The molecular formula is C21H23N3O3. The van der Waals surface area contributed by atoms with Crippen molar-refractivity contribution < 1.29 is 13.9 Å². The second-order valence-corrected chi connectivity index (χ2v) is 6.36. The van der Waals surface area contributed by atoms with Gasteiger partial charge in [0, 0.05) is 26.8 Å². The monoisotopic (exact) mass is 365 g/mol. The molecule has 0 spiro atoms. The minimum absolute atomic E-state index is 0.192. The molecule has 3 aromatic rings. The number of rotatable bonds is 7. The van der Waals surface area contributed by atoms with Crippen molar-refractivity contribution in [1.29, 1.82) is 0 Å². The van der Waals surface area contributed by atoms with Gasteiger partial charge in [0.05, 0.1) is 30.7 Å². The SMILES string of the molecule is COCc1cccc(-c2ccc(C(=O)NCc3ccco3)c(N(C)C)n2)c1. The van der Waals surface area contributed by atoms with E-state index in [1.165, 1.54) is 0 Å². The van der Waals surface area contributed by atoms with Crippen molar-refractivity contribution in [3.8, 4) is 11.3 Å². The number of hydrogen-bond donors (Lipinski definition) is 1. The van der Waals surface area contributed by atoms with Gasteiger partial charge in [-0.15, -0.1) is 0 Å². The lowest BCUT2D eigenvalue weighted by Gasteiger charge is -2.17. The van der Waals surface area contributed by atoms with Crippen molar-refractivity contribution in [3.05, 3.63) is 71.7 Å². The van der Waals surface area contributed by atoms with E-state index >= 15 is 0 Å². The molecule has 1 N–H and O–H groups in total. The van der Waals surface area contributed by atoms with Gasteiger partial charge in [-0.1, -0.05) is 18.2 Å². The summed E-state index contributed by atoms with van der Waals surface area (Å²) in [5.74, 6) is 1.12. The number of benzene rings is 1. The first kappa shape index (κ1) is 18.7. The number of methoxy groups -OCH3 is 1. The third kappa shape index (κ3) is 4.54. The lowest BCUT2D eigenvalue weighted by Crippen LogP contribution is -2.26. The molecule has 0 saturated carbocycles. The van der Waals surface area contributed by atoms with Crippen LogP contribution in [-0.2, 0) is 17.9 Å². The van der Waals surface area contributed by atoms with Gasteiger partial charge in [0.2, 0.25) is 0 Å². The summed E-state index contributed by atoms with van der Waals surface area (Å²) in [6, 6.07) is 15.3. The number of hydrogen-bond acceptors (Lipinski definition) is 5. The molecule has 140 valence electrons. The Bertz CT molecular complexity index is 905. The number of nitrogens with one attached hydrogen (secondary N) is 1. The van der Waals surface area contributed by atoms with Crippen molar-refractivity contribution in [2.75, 3.05) is 26.1 Å². The molecule has 2 aromatic heterocycles. The number of aromatic nitrogens is 1. The van der Waals surface area contributed by atoms with Gasteiger partial charge in [0.1, 0.15) is 11.6 Å². The molecule has 6 heteroatoms. The number of furan rings is 1. The van der Waals surface area contributed by atoms with E-state index in [0.717, 1.165) is 16.8 Å². The molecule has 0 radical (unpaired) electrons. The number of anilines is 1. The predicted octanol–water partition coefficient (Wildman–Crippen LogP) is 3.48. The van der Waals surface area contributed by atoms with Gasteiger partial charge in [0.25, 0.3) is 5.91 Å². The van der Waals surface area contributed by atoms with Crippen LogP contribution in [0.15, 0.2) is 59.2 Å². The molecule has 3 rings (SSSR count). The molecular weight excluding hydrogens is 342 g/mol. The minimum Gasteiger partial charge on any atom is -0.467 e. The summed E-state index contributed by atoms with van der Waals surface area (Å²) >= 11 is 0. The van der Waals surface area contributed by atoms with E-state index in [4.69, 9.17) is 14.1 Å². The number of ether oxygens (including phenoxy) is 1. The molecule has 0 aliphatic rings. The maximum absolute atomic E-state index is 12.6. The molecule has 27 heavy (non-hydrogen) atoms. The molecule has 1 aromatic carbocycles. The van der Waals surface area contributed by atoms with Crippen LogP contribution in [-0.4, -0.2) is 32.1 Å². The van der Waals surface area contributed by atoms with Crippen LogP contribution in [0.5, 0.6) is 0 Å².